The lowest BCUT2D eigenvalue weighted by Crippen LogP contribution is -2.06. The second-order valence-electron chi connectivity index (χ2n) is 6.22. The number of rotatable bonds is 6. The van der Waals surface area contributed by atoms with E-state index in [0.29, 0.717) is 6.42 Å². The predicted molar refractivity (Wildman–Crippen MR) is 101 cm³/mol. The highest BCUT2D eigenvalue weighted by Gasteiger charge is 2.22. The molecule has 0 amide bonds. The van der Waals surface area contributed by atoms with Gasteiger partial charge < -0.3 is 5.32 Å². The Bertz CT molecular complexity index is 926. The van der Waals surface area contributed by atoms with Crippen molar-refractivity contribution in [3.8, 4) is 17.5 Å². The number of aryl methyl sites for hydroxylation is 2. The highest BCUT2D eigenvalue weighted by molar-refractivity contribution is 7.19. The maximum absolute atomic E-state index is 8.67. The van der Waals surface area contributed by atoms with Gasteiger partial charge in [-0.2, -0.15) is 5.26 Å². The minimum atomic E-state index is 0.607. The number of unbranched alkanes of at least 4 members (excludes halogenated alkanes) is 2. The van der Waals surface area contributed by atoms with E-state index in [-0.39, 0.29) is 0 Å². The van der Waals surface area contributed by atoms with Crippen LogP contribution in [0.4, 0.5) is 5.82 Å². The van der Waals surface area contributed by atoms with Crippen LogP contribution in [-0.4, -0.2) is 21.5 Å². The summed E-state index contributed by atoms with van der Waals surface area (Å²) in [6, 6.07) is 6.10. The lowest BCUT2D eigenvalue weighted by Gasteiger charge is -2.10. The van der Waals surface area contributed by atoms with Crippen molar-refractivity contribution in [1.29, 1.82) is 5.26 Å². The van der Waals surface area contributed by atoms with Crippen molar-refractivity contribution in [1.82, 2.24) is 15.0 Å². The first kappa shape index (κ1) is 16.0. The normalized spacial score (nSPS) is 12.9. The second kappa shape index (κ2) is 7.16. The van der Waals surface area contributed by atoms with E-state index in [1.807, 2.05) is 12.1 Å². The Morgan fingerprint density at radius 1 is 1.24 bits per heavy atom. The van der Waals surface area contributed by atoms with Crippen LogP contribution >= 0.6 is 11.3 Å². The van der Waals surface area contributed by atoms with E-state index >= 15 is 0 Å². The van der Waals surface area contributed by atoms with Crippen molar-refractivity contribution in [2.24, 2.45) is 0 Å². The molecule has 1 aliphatic carbocycles. The van der Waals surface area contributed by atoms with E-state index in [9.17, 15) is 0 Å². The SMILES string of the molecule is N#CCCCCNc1nc(-c2cccnc2)nc2sc3c(c12)CCC3. The molecule has 4 rings (SSSR count). The molecule has 1 aliphatic rings. The number of nitrogens with zero attached hydrogens (tertiary/aromatic N) is 4. The summed E-state index contributed by atoms with van der Waals surface area (Å²) < 4.78 is 0. The molecule has 0 fully saturated rings. The molecule has 0 aliphatic heterocycles. The molecule has 3 aromatic rings. The van der Waals surface area contributed by atoms with E-state index in [1.165, 1.54) is 22.2 Å². The molecule has 0 atom stereocenters. The lowest BCUT2D eigenvalue weighted by atomic mass is 10.1. The van der Waals surface area contributed by atoms with Crippen LogP contribution in [0.3, 0.4) is 0 Å². The van der Waals surface area contributed by atoms with Crippen LogP contribution in [0.5, 0.6) is 0 Å². The number of pyridine rings is 1. The topological polar surface area (TPSA) is 74.5 Å². The van der Waals surface area contributed by atoms with Gasteiger partial charge in [0, 0.05) is 35.8 Å². The second-order valence-corrected chi connectivity index (χ2v) is 7.30. The van der Waals surface area contributed by atoms with Crippen molar-refractivity contribution in [2.45, 2.75) is 38.5 Å². The Morgan fingerprint density at radius 3 is 3.04 bits per heavy atom. The third-order valence-corrected chi connectivity index (χ3v) is 5.68. The Morgan fingerprint density at radius 2 is 2.20 bits per heavy atom. The number of hydrogen-bond donors (Lipinski definition) is 1. The molecule has 25 heavy (non-hydrogen) atoms. The van der Waals surface area contributed by atoms with Gasteiger partial charge in [0.15, 0.2) is 5.82 Å². The fourth-order valence-electron chi connectivity index (χ4n) is 3.28. The Hall–Kier alpha value is -2.52. The van der Waals surface area contributed by atoms with Gasteiger partial charge in [-0.15, -0.1) is 11.3 Å². The van der Waals surface area contributed by atoms with Crippen LogP contribution in [-0.2, 0) is 12.8 Å². The minimum absolute atomic E-state index is 0.607. The van der Waals surface area contributed by atoms with Gasteiger partial charge in [-0.05, 0) is 49.8 Å². The minimum Gasteiger partial charge on any atom is -0.369 e. The van der Waals surface area contributed by atoms with Crippen molar-refractivity contribution in [2.75, 3.05) is 11.9 Å². The van der Waals surface area contributed by atoms with E-state index in [1.54, 1.807) is 23.7 Å². The first-order valence-corrected chi connectivity index (χ1v) is 9.52. The number of hydrogen-bond acceptors (Lipinski definition) is 6. The van der Waals surface area contributed by atoms with Gasteiger partial charge in [0.25, 0.3) is 0 Å². The monoisotopic (exact) mass is 349 g/mol. The lowest BCUT2D eigenvalue weighted by molar-refractivity contribution is 0.783. The van der Waals surface area contributed by atoms with Gasteiger partial charge in [0.2, 0.25) is 0 Å². The predicted octanol–water partition coefficient (Wildman–Crippen LogP) is 4.35. The molecule has 0 unspecified atom stereocenters. The molecular formula is C19H19N5S. The Balaban J connectivity index is 1.71. The Labute approximate surface area is 150 Å². The summed E-state index contributed by atoms with van der Waals surface area (Å²) in [4.78, 5) is 16.3. The number of thiophene rings is 1. The summed E-state index contributed by atoms with van der Waals surface area (Å²) in [5, 5.41) is 13.4. The zero-order valence-corrected chi connectivity index (χ0v) is 14.8. The largest absolute Gasteiger partial charge is 0.369 e. The molecule has 6 heteroatoms. The maximum Gasteiger partial charge on any atom is 0.164 e. The van der Waals surface area contributed by atoms with Crippen molar-refractivity contribution in [3.05, 3.63) is 35.0 Å². The first-order valence-electron chi connectivity index (χ1n) is 8.70. The molecule has 0 radical (unpaired) electrons. The van der Waals surface area contributed by atoms with Gasteiger partial charge in [0.05, 0.1) is 11.5 Å². The van der Waals surface area contributed by atoms with Gasteiger partial charge in [-0.1, -0.05) is 0 Å². The molecule has 126 valence electrons. The van der Waals surface area contributed by atoms with Gasteiger partial charge in [-0.25, -0.2) is 9.97 Å². The van der Waals surface area contributed by atoms with Gasteiger partial charge >= 0.3 is 0 Å². The number of nitriles is 1. The standard InChI is InChI=1S/C19H19N5S/c20-9-2-1-3-11-22-18-16-14-7-4-8-15(14)25-19(16)24-17(23-18)13-6-5-10-21-12-13/h5-6,10,12H,1-4,7-8,11H2,(H,22,23,24). The molecule has 0 saturated heterocycles. The van der Waals surface area contributed by atoms with E-state index in [2.05, 4.69) is 16.4 Å². The van der Waals surface area contributed by atoms with Gasteiger partial charge in [-0.3, -0.25) is 4.98 Å². The average molecular weight is 349 g/mol. The van der Waals surface area contributed by atoms with Crippen molar-refractivity contribution in [3.63, 3.8) is 0 Å². The summed E-state index contributed by atoms with van der Waals surface area (Å²) in [5.74, 6) is 1.65. The number of anilines is 1. The van der Waals surface area contributed by atoms with Gasteiger partial charge in [0.1, 0.15) is 10.6 Å². The molecule has 5 nitrogen and oxygen atoms in total. The zero-order valence-electron chi connectivity index (χ0n) is 14.0. The van der Waals surface area contributed by atoms with Crippen LogP contribution < -0.4 is 5.32 Å². The summed E-state index contributed by atoms with van der Waals surface area (Å²) >= 11 is 1.80. The quantitative estimate of drug-likeness (QED) is 0.670. The molecule has 3 heterocycles. The van der Waals surface area contributed by atoms with Crippen LogP contribution in [0.2, 0.25) is 0 Å². The summed E-state index contributed by atoms with van der Waals surface area (Å²) in [6.07, 6.45) is 9.55. The molecule has 1 N–H and O–H groups in total. The molecule has 0 bridgehead atoms. The Kier molecular flexibility index (Phi) is 4.57. The third kappa shape index (κ3) is 3.20. The molecule has 0 saturated carbocycles. The van der Waals surface area contributed by atoms with E-state index in [0.717, 1.165) is 54.3 Å². The molecule has 0 spiro atoms. The zero-order chi connectivity index (χ0) is 17.1. The van der Waals surface area contributed by atoms with Crippen LogP contribution in [0.25, 0.3) is 21.6 Å². The first-order chi connectivity index (χ1) is 12.4. The fourth-order valence-corrected chi connectivity index (χ4v) is 4.54. The van der Waals surface area contributed by atoms with E-state index in [4.69, 9.17) is 15.2 Å². The van der Waals surface area contributed by atoms with Crippen LogP contribution in [0.1, 0.15) is 36.1 Å². The van der Waals surface area contributed by atoms with Crippen molar-refractivity contribution >= 4 is 27.4 Å². The van der Waals surface area contributed by atoms with Crippen LogP contribution in [0.15, 0.2) is 24.5 Å². The average Bonchev–Trinajstić information content (AvgIpc) is 3.22. The van der Waals surface area contributed by atoms with Crippen molar-refractivity contribution < 1.29 is 0 Å². The number of nitrogens with one attached hydrogen (secondary N) is 1. The van der Waals surface area contributed by atoms with Crippen LogP contribution in [0, 0.1) is 11.3 Å². The molecule has 0 aromatic carbocycles. The van der Waals surface area contributed by atoms with E-state index < -0.39 is 0 Å². The smallest absolute Gasteiger partial charge is 0.164 e. The summed E-state index contributed by atoms with van der Waals surface area (Å²) in [7, 11) is 0. The fraction of sp³-hybridized carbons (Fsp3) is 0.368. The molecule has 3 aromatic heterocycles. The summed E-state index contributed by atoms with van der Waals surface area (Å²) in [5.41, 5.74) is 2.36. The highest BCUT2D eigenvalue weighted by Crippen LogP contribution is 2.40. The number of fused-ring (bicyclic) bond motifs is 3. The number of aromatic nitrogens is 3. The third-order valence-electron chi connectivity index (χ3n) is 4.49. The maximum atomic E-state index is 8.67. The highest BCUT2D eigenvalue weighted by atomic mass is 32.1. The molecular weight excluding hydrogens is 330 g/mol. The summed E-state index contributed by atoms with van der Waals surface area (Å²) in [6.45, 7) is 0.824.